The third kappa shape index (κ3) is 5.34. The number of hydrogen-bond donors (Lipinski definition) is 2. The lowest BCUT2D eigenvalue weighted by molar-refractivity contribution is -0.128. The van der Waals surface area contributed by atoms with Crippen molar-refractivity contribution in [1.82, 2.24) is 20.6 Å². The minimum Gasteiger partial charge on any atom is -0.344 e. The van der Waals surface area contributed by atoms with Crippen molar-refractivity contribution in [2.45, 2.75) is 65.0 Å². The molecule has 1 aromatic heterocycles. The van der Waals surface area contributed by atoms with Crippen LogP contribution in [-0.2, 0) is 9.59 Å². The van der Waals surface area contributed by atoms with E-state index in [1.54, 1.807) is 0 Å². The second-order valence-electron chi connectivity index (χ2n) is 7.93. The van der Waals surface area contributed by atoms with Gasteiger partial charge in [0.1, 0.15) is 18.0 Å². The van der Waals surface area contributed by atoms with Gasteiger partial charge in [0.2, 0.25) is 5.91 Å². The normalized spacial score (nSPS) is 17.8. The highest BCUT2D eigenvalue weighted by Crippen LogP contribution is 2.27. The van der Waals surface area contributed by atoms with Crippen LogP contribution in [0.2, 0.25) is 0 Å². The van der Waals surface area contributed by atoms with E-state index < -0.39 is 23.4 Å². The van der Waals surface area contributed by atoms with Gasteiger partial charge in [-0.25, -0.2) is 4.98 Å². The molecule has 26 heavy (non-hydrogen) atoms. The highest BCUT2D eigenvalue weighted by Gasteiger charge is 2.34. The molecule has 0 radical (unpaired) electrons. The molecule has 1 saturated carbocycles. The number of nitrogens with zero attached hydrogens (tertiary/aromatic N) is 2. The summed E-state index contributed by atoms with van der Waals surface area (Å²) in [6, 6.07) is -1.30. The Kier molecular flexibility index (Phi) is 6.83. The number of carbonyl (C=O) groups excluding carboxylic acids is 3. The van der Waals surface area contributed by atoms with E-state index in [0.717, 1.165) is 38.4 Å². The SMILES string of the molecule is CC(C)(C)[C@@H](C=O)NC(=O)[C@@H](NC(=O)c1cnccn1)C1CCCCC1. The van der Waals surface area contributed by atoms with E-state index in [9.17, 15) is 14.4 Å². The molecule has 0 saturated heterocycles. The van der Waals surface area contributed by atoms with E-state index in [0.29, 0.717) is 0 Å². The zero-order valence-electron chi connectivity index (χ0n) is 15.7. The number of rotatable bonds is 6. The fraction of sp³-hybridized carbons (Fsp3) is 0.632. The summed E-state index contributed by atoms with van der Waals surface area (Å²) >= 11 is 0. The Morgan fingerprint density at radius 1 is 1.15 bits per heavy atom. The lowest BCUT2D eigenvalue weighted by Crippen LogP contribution is -2.56. The van der Waals surface area contributed by atoms with Crippen molar-refractivity contribution in [1.29, 1.82) is 0 Å². The number of amides is 2. The average Bonchev–Trinajstić information content (AvgIpc) is 2.64. The van der Waals surface area contributed by atoms with Crippen LogP contribution in [0.25, 0.3) is 0 Å². The maximum Gasteiger partial charge on any atom is 0.272 e. The van der Waals surface area contributed by atoms with Crippen molar-refractivity contribution in [2.24, 2.45) is 11.3 Å². The first kappa shape index (κ1) is 20.0. The Balaban J connectivity index is 2.16. The Morgan fingerprint density at radius 2 is 1.85 bits per heavy atom. The number of aldehydes is 1. The van der Waals surface area contributed by atoms with Gasteiger partial charge in [0.25, 0.3) is 5.91 Å². The molecule has 2 atom stereocenters. The molecule has 0 bridgehead atoms. The summed E-state index contributed by atoms with van der Waals surface area (Å²) in [6.07, 6.45) is 10.0. The summed E-state index contributed by atoms with van der Waals surface area (Å²) in [5.74, 6) is -0.694. The van der Waals surface area contributed by atoms with Crippen LogP contribution in [0.15, 0.2) is 18.6 Å². The van der Waals surface area contributed by atoms with Crippen LogP contribution < -0.4 is 10.6 Å². The standard InChI is InChI=1S/C19H28N4O3/c1-19(2,3)15(12-24)22-18(26)16(13-7-5-4-6-8-13)23-17(25)14-11-20-9-10-21-14/h9-13,15-16H,4-8H2,1-3H3,(H,22,26)(H,23,25)/t15-,16+/m1/s1. The van der Waals surface area contributed by atoms with E-state index in [-0.39, 0.29) is 17.5 Å². The molecule has 1 aromatic rings. The van der Waals surface area contributed by atoms with Crippen molar-refractivity contribution in [3.63, 3.8) is 0 Å². The molecule has 2 rings (SSSR count). The van der Waals surface area contributed by atoms with Crippen molar-refractivity contribution in [3.05, 3.63) is 24.3 Å². The predicted octanol–water partition coefficient (Wildman–Crippen LogP) is 1.89. The molecule has 7 nitrogen and oxygen atoms in total. The highest BCUT2D eigenvalue weighted by atomic mass is 16.2. The Bertz CT molecular complexity index is 621. The fourth-order valence-electron chi connectivity index (χ4n) is 3.19. The first-order valence-corrected chi connectivity index (χ1v) is 9.15. The number of aromatic nitrogens is 2. The van der Waals surface area contributed by atoms with Crippen molar-refractivity contribution in [2.75, 3.05) is 0 Å². The van der Waals surface area contributed by atoms with Gasteiger partial charge in [-0.3, -0.25) is 14.6 Å². The zero-order valence-corrected chi connectivity index (χ0v) is 15.7. The van der Waals surface area contributed by atoms with Gasteiger partial charge < -0.3 is 15.4 Å². The van der Waals surface area contributed by atoms with Gasteiger partial charge in [0.15, 0.2) is 0 Å². The van der Waals surface area contributed by atoms with Crippen LogP contribution >= 0.6 is 0 Å². The van der Waals surface area contributed by atoms with E-state index in [1.807, 2.05) is 20.8 Å². The van der Waals surface area contributed by atoms with Crippen molar-refractivity contribution >= 4 is 18.1 Å². The highest BCUT2D eigenvalue weighted by molar-refractivity contribution is 5.96. The topological polar surface area (TPSA) is 101 Å². The maximum absolute atomic E-state index is 12.9. The monoisotopic (exact) mass is 360 g/mol. The second kappa shape index (κ2) is 8.87. The summed E-state index contributed by atoms with van der Waals surface area (Å²) in [6.45, 7) is 5.67. The van der Waals surface area contributed by atoms with Gasteiger partial charge in [-0.15, -0.1) is 0 Å². The molecular weight excluding hydrogens is 332 g/mol. The summed E-state index contributed by atoms with van der Waals surface area (Å²) in [4.78, 5) is 44.7. The quantitative estimate of drug-likeness (QED) is 0.755. The third-order valence-electron chi connectivity index (χ3n) is 4.85. The van der Waals surface area contributed by atoms with Gasteiger partial charge in [0, 0.05) is 12.4 Å². The summed E-state index contributed by atoms with van der Waals surface area (Å²) < 4.78 is 0. The van der Waals surface area contributed by atoms with Crippen molar-refractivity contribution in [3.8, 4) is 0 Å². The van der Waals surface area contributed by atoms with E-state index in [2.05, 4.69) is 20.6 Å². The largest absolute Gasteiger partial charge is 0.344 e. The second-order valence-corrected chi connectivity index (χ2v) is 7.93. The van der Waals surface area contributed by atoms with Gasteiger partial charge in [0.05, 0.1) is 12.2 Å². The summed E-state index contributed by atoms with van der Waals surface area (Å²) in [5, 5.41) is 5.62. The first-order chi connectivity index (χ1) is 12.3. The Hall–Kier alpha value is -2.31. The molecule has 2 amide bonds. The average molecular weight is 360 g/mol. The van der Waals surface area contributed by atoms with E-state index >= 15 is 0 Å². The number of hydrogen-bond acceptors (Lipinski definition) is 5. The Labute approximate surface area is 154 Å². The predicted molar refractivity (Wildman–Crippen MR) is 97.3 cm³/mol. The zero-order chi connectivity index (χ0) is 19.2. The van der Waals surface area contributed by atoms with Crippen LogP contribution in [0.5, 0.6) is 0 Å². The van der Waals surface area contributed by atoms with E-state index in [1.165, 1.54) is 18.6 Å². The smallest absolute Gasteiger partial charge is 0.272 e. The van der Waals surface area contributed by atoms with Crippen LogP contribution in [0.1, 0.15) is 63.4 Å². The van der Waals surface area contributed by atoms with Gasteiger partial charge >= 0.3 is 0 Å². The lowest BCUT2D eigenvalue weighted by atomic mass is 9.82. The van der Waals surface area contributed by atoms with Crippen LogP contribution in [0.4, 0.5) is 0 Å². The van der Waals surface area contributed by atoms with Gasteiger partial charge in [-0.2, -0.15) is 0 Å². The molecule has 1 heterocycles. The molecule has 0 unspecified atom stereocenters. The minimum atomic E-state index is -0.686. The minimum absolute atomic E-state index is 0.0524. The molecule has 2 N–H and O–H groups in total. The molecular formula is C19H28N4O3. The molecule has 0 aliphatic heterocycles. The first-order valence-electron chi connectivity index (χ1n) is 9.15. The Morgan fingerprint density at radius 3 is 2.38 bits per heavy atom. The molecule has 1 fully saturated rings. The number of carbonyl (C=O) groups is 3. The van der Waals surface area contributed by atoms with Crippen molar-refractivity contribution < 1.29 is 14.4 Å². The van der Waals surface area contributed by atoms with Crippen LogP contribution in [-0.4, -0.2) is 40.2 Å². The molecule has 142 valence electrons. The molecule has 1 aliphatic carbocycles. The van der Waals surface area contributed by atoms with Gasteiger partial charge in [-0.1, -0.05) is 40.0 Å². The molecule has 0 spiro atoms. The van der Waals surface area contributed by atoms with E-state index in [4.69, 9.17) is 0 Å². The van der Waals surface area contributed by atoms with Gasteiger partial charge in [-0.05, 0) is 24.2 Å². The maximum atomic E-state index is 12.9. The lowest BCUT2D eigenvalue weighted by Gasteiger charge is -2.33. The van der Waals surface area contributed by atoms with Crippen LogP contribution in [0.3, 0.4) is 0 Å². The summed E-state index contributed by atoms with van der Waals surface area (Å²) in [5.41, 5.74) is -0.229. The number of nitrogens with one attached hydrogen (secondary N) is 2. The fourth-order valence-corrected chi connectivity index (χ4v) is 3.19. The molecule has 1 aliphatic rings. The van der Waals surface area contributed by atoms with Crippen LogP contribution in [0, 0.1) is 11.3 Å². The third-order valence-corrected chi connectivity index (χ3v) is 4.85. The molecule has 7 heteroatoms. The summed E-state index contributed by atoms with van der Waals surface area (Å²) in [7, 11) is 0. The molecule has 0 aromatic carbocycles.